The van der Waals surface area contributed by atoms with Crippen molar-refractivity contribution in [3.05, 3.63) is 35.9 Å². The maximum atomic E-state index is 6.03. The summed E-state index contributed by atoms with van der Waals surface area (Å²) in [6.07, 6.45) is 3.86. The first-order valence-electron chi connectivity index (χ1n) is 5.96. The number of rotatable bonds is 3. The summed E-state index contributed by atoms with van der Waals surface area (Å²) in [4.78, 5) is 0. The summed E-state index contributed by atoms with van der Waals surface area (Å²) in [5, 5.41) is 0. The second-order valence-electron chi connectivity index (χ2n) is 4.74. The van der Waals surface area contributed by atoms with Crippen molar-refractivity contribution in [1.29, 1.82) is 0 Å². The highest BCUT2D eigenvalue weighted by atomic mass is 28.4. The zero-order valence-electron chi connectivity index (χ0n) is 9.54. The van der Waals surface area contributed by atoms with E-state index in [1.54, 1.807) is 0 Å². The van der Waals surface area contributed by atoms with Gasteiger partial charge in [-0.25, -0.2) is 0 Å². The topological polar surface area (TPSA) is 9.23 Å². The minimum absolute atomic E-state index is 1.01. The third-order valence-corrected chi connectivity index (χ3v) is 6.96. The average molecular weight is 220 g/mol. The average Bonchev–Trinajstić information content (AvgIpc) is 2.29. The van der Waals surface area contributed by atoms with Gasteiger partial charge >= 0.3 is 0 Å². The maximum Gasteiger partial charge on any atom is 0.190 e. The van der Waals surface area contributed by atoms with Gasteiger partial charge < -0.3 is 4.43 Å². The number of hydrogen-bond acceptors (Lipinski definition) is 1. The fraction of sp³-hybridized carbons (Fsp3) is 0.538. The summed E-state index contributed by atoms with van der Waals surface area (Å²) in [6, 6.07) is 13.4. The molecule has 0 bridgehead atoms. The molecule has 0 saturated carbocycles. The molecule has 2 heteroatoms. The van der Waals surface area contributed by atoms with E-state index in [0.717, 1.165) is 6.61 Å². The van der Waals surface area contributed by atoms with E-state index in [9.17, 15) is 0 Å². The highest BCUT2D eigenvalue weighted by molar-refractivity contribution is 6.72. The molecule has 1 aliphatic heterocycles. The Hall–Kier alpha value is -0.603. The molecule has 0 N–H and O–H groups in total. The fourth-order valence-corrected chi connectivity index (χ4v) is 5.23. The first-order valence-corrected chi connectivity index (χ1v) is 8.79. The molecule has 1 nitrogen and oxygen atoms in total. The Morgan fingerprint density at radius 3 is 2.67 bits per heavy atom. The van der Waals surface area contributed by atoms with Crippen LogP contribution in [0.2, 0.25) is 18.6 Å². The lowest BCUT2D eigenvalue weighted by atomic mass is 10.2. The van der Waals surface area contributed by atoms with Gasteiger partial charge in [0, 0.05) is 6.61 Å². The molecule has 0 spiro atoms. The van der Waals surface area contributed by atoms with E-state index in [1.807, 2.05) is 0 Å². The van der Waals surface area contributed by atoms with Gasteiger partial charge in [-0.05, 0) is 37.0 Å². The molecule has 1 heterocycles. The highest BCUT2D eigenvalue weighted by Gasteiger charge is 2.30. The monoisotopic (exact) mass is 220 g/mol. The standard InChI is InChI=1S/C13H20OSi/c1-15(11-6-5-10-14-15)12-9-13-7-3-2-4-8-13/h2-4,7-8H,5-6,9-12H2,1H3. The largest absolute Gasteiger partial charge is 0.417 e. The smallest absolute Gasteiger partial charge is 0.190 e. The van der Waals surface area contributed by atoms with Crippen molar-refractivity contribution in [3.8, 4) is 0 Å². The first kappa shape index (κ1) is 10.9. The minimum atomic E-state index is -1.32. The summed E-state index contributed by atoms with van der Waals surface area (Å²) in [5.74, 6) is 0. The van der Waals surface area contributed by atoms with Crippen molar-refractivity contribution < 1.29 is 4.43 Å². The van der Waals surface area contributed by atoms with Gasteiger partial charge in [-0.1, -0.05) is 36.8 Å². The van der Waals surface area contributed by atoms with E-state index >= 15 is 0 Å². The Morgan fingerprint density at radius 1 is 1.20 bits per heavy atom. The third kappa shape index (κ3) is 3.18. The quantitative estimate of drug-likeness (QED) is 0.707. The van der Waals surface area contributed by atoms with Gasteiger partial charge in [0.1, 0.15) is 0 Å². The van der Waals surface area contributed by atoms with E-state index in [-0.39, 0.29) is 0 Å². The van der Waals surface area contributed by atoms with Gasteiger partial charge in [-0.3, -0.25) is 0 Å². The number of hydrogen-bond donors (Lipinski definition) is 0. The second kappa shape index (κ2) is 4.95. The molecule has 0 amide bonds. The van der Waals surface area contributed by atoms with Crippen LogP contribution in [0.25, 0.3) is 0 Å². The van der Waals surface area contributed by atoms with Gasteiger partial charge in [-0.15, -0.1) is 0 Å². The highest BCUT2D eigenvalue weighted by Crippen LogP contribution is 2.26. The molecule has 1 aliphatic rings. The van der Waals surface area contributed by atoms with Crippen molar-refractivity contribution >= 4 is 8.32 Å². The van der Waals surface area contributed by atoms with E-state index < -0.39 is 8.32 Å². The number of benzene rings is 1. The molecule has 2 rings (SSSR count). The van der Waals surface area contributed by atoms with Crippen LogP contribution in [0.5, 0.6) is 0 Å². The van der Waals surface area contributed by atoms with Crippen LogP contribution in [0.4, 0.5) is 0 Å². The summed E-state index contributed by atoms with van der Waals surface area (Å²) in [6.45, 7) is 3.41. The van der Waals surface area contributed by atoms with E-state index in [2.05, 4.69) is 36.9 Å². The number of aryl methyl sites for hydroxylation is 1. The Balaban J connectivity index is 1.87. The summed E-state index contributed by atoms with van der Waals surface area (Å²) < 4.78 is 6.03. The second-order valence-corrected chi connectivity index (χ2v) is 8.93. The first-order chi connectivity index (χ1) is 7.29. The van der Waals surface area contributed by atoms with Crippen molar-refractivity contribution in [2.45, 2.75) is 37.9 Å². The SMILES string of the molecule is C[Si]1(CCc2ccccc2)CCCCO1. The zero-order chi connectivity index (χ0) is 10.6. The van der Waals surface area contributed by atoms with Crippen LogP contribution >= 0.6 is 0 Å². The van der Waals surface area contributed by atoms with Crippen LogP contribution in [-0.4, -0.2) is 14.9 Å². The Bertz CT molecular complexity index is 291. The van der Waals surface area contributed by atoms with Crippen LogP contribution < -0.4 is 0 Å². The predicted octanol–water partition coefficient (Wildman–Crippen LogP) is 3.61. The zero-order valence-corrected chi connectivity index (χ0v) is 10.5. The fourth-order valence-electron chi connectivity index (χ4n) is 2.24. The van der Waals surface area contributed by atoms with Crippen molar-refractivity contribution in [2.24, 2.45) is 0 Å². The normalized spacial score (nSPS) is 26.5. The van der Waals surface area contributed by atoms with E-state index in [0.29, 0.717) is 0 Å². The van der Waals surface area contributed by atoms with Crippen molar-refractivity contribution in [1.82, 2.24) is 0 Å². The van der Waals surface area contributed by atoms with Gasteiger partial charge in [0.15, 0.2) is 8.32 Å². The van der Waals surface area contributed by atoms with Crippen LogP contribution in [0.3, 0.4) is 0 Å². The molecule has 0 radical (unpaired) electrons. The van der Waals surface area contributed by atoms with E-state index in [4.69, 9.17) is 4.43 Å². The minimum Gasteiger partial charge on any atom is -0.417 e. The van der Waals surface area contributed by atoms with E-state index in [1.165, 1.54) is 36.9 Å². The molecular weight excluding hydrogens is 200 g/mol. The molecule has 0 aromatic heterocycles. The molecule has 82 valence electrons. The Morgan fingerprint density at radius 2 is 2.00 bits per heavy atom. The van der Waals surface area contributed by atoms with Gasteiger partial charge in [-0.2, -0.15) is 0 Å². The van der Waals surface area contributed by atoms with Crippen molar-refractivity contribution in [2.75, 3.05) is 6.61 Å². The summed E-state index contributed by atoms with van der Waals surface area (Å²) in [5.41, 5.74) is 1.46. The molecule has 1 atom stereocenters. The molecular formula is C13H20OSi. The molecule has 1 unspecified atom stereocenters. The van der Waals surface area contributed by atoms with Gasteiger partial charge in [0.2, 0.25) is 0 Å². The Kier molecular flexibility index (Phi) is 3.60. The van der Waals surface area contributed by atoms with Crippen molar-refractivity contribution in [3.63, 3.8) is 0 Å². The van der Waals surface area contributed by atoms with Gasteiger partial charge in [0.05, 0.1) is 0 Å². The molecule has 1 aromatic rings. The molecule has 1 aromatic carbocycles. The lowest BCUT2D eigenvalue weighted by Gasteiger charge is -2.31. The summed E-state index contributed by atoms with van der Waals surface area (Å²) >= 11 is 0. The lowest BCUT2D eigenvalue weighted by Crippen LogP contribution is -2.38. The lowest BCUT2D eigenvalue weighted by molar-refractivity contribution is 0.270. The van der Waals surface area contributed by atoms with Crippen LogP contribution in [0.1, 0.15) is 18.4 Å². The van der Waals surface area contributed by atoms with Crippen LogP contribution in [0.15, 0.2) is 30.3 Å². The molecule has 0 aliphatic carbocycles. The Labute approximate surface area is 93.6 Å². The predicted molar refractivity (Wildman–Crippen MR) is 66.6 cm³/mol. The molecule has 1 saturated heterocycles. The van der Waals surface area contributed by atoms with Crippen LogP contribution in [-0.2, 0) is 10.8 Å². The maximum absolute atomic E-state index is 6.03. The van der Waals surface area contributed by atoms with Crippen LogP contribution in [0, 0.1) is 0 Å². The summed E-state index contributed by atoms with van der Waals surface area (Å²) in [7, 11) is -1.32. The third-order valence-electron chi connectivity index (χ3n) is 3.34. The molecule has 15 heavy (non-hydrogen) atoms. The molecule has 1 fully saturated rings. The van der Waals surface area contributed by atoms with Gasteiger partial charge in [0.25, 0.3) is 0 Å².